The van der Waals surface area contributed by atoms with Gasteiger partial charge in [-0.3, -0.25) is 9.59 Å². The van der Waals surface area contributed by atoms with Gasteiger partial charge in [-0.1, -0.05) is 42.5 Å². The Morgan fingerprint density at radius 1 is 1.10 bits per heavy atom. The van der Waals surface area contributed by atoms with Crippen LogP contribution in [-0.4, -0.2) is 29.4 Å². The maximum atomic E-state index is 12.5. The van der Waals surface area contributed by atoms with E-state index in [4.69, 9.17) is 10.8 Å². The zero-order valence-corrected chi connectivity index (χ0v) is 17.4. The number of hydrogen-bond donors (Lipinski definition) is 3. The van der Waals surface area contributed by atoms with E-state index in [-0.39, 0.29) is 12.3 Å². The summed E-state index contributed by atoms with van der Waals surface area (Å²) in [5.74, 6) is -1.17. The molecule has 0 radical (unpaired) electrons. The smallest absolute Gasteiger partial charge is 0.304 e. The molecule has 3 aromatic rings. The summed E-state index contributed by atoms with van der Waals surface area (Å²) in [7, 11) is 0. The second-order valence-corrected chi connectivity index (χ2v) is 7.72. The molecule has 0 bridgehead atoms. The van der Waals surface area contributed by atoms with Gasteiger partial charge in [0.1, 0.15) is 5.84 Å². The number of nitrogens with zero attached hydrogens (tertiary/aromatic N) is 2. The maximum Gasteiger partial charge on any atom is 0.304 e. The van der Waals surface area contributed by atoms with Gasteiger partial charge in [0.05, 0.1) is 22.9 Å². The first-order valence-electron chi connectivity index (χ1n) is 9.47. The van der Waals surface area contributed by atoms with Crippen LogP contribution >= 0.6 is 11.3 Å². The normalized spacial score (nSPS) is 11.1. The number of rotatable bonds is 8. The molecular weight excluding hydrogens is 412 g/mol. The van der Waals surface area contributed by atoms with Crippen molar-refractivity contribution in [2.24, 2.45) is 10.7 Å². The summed E-state index contributed by atoms with van der Waals surface area (Å²) < 4.78 is 0. The van der Waals surface area contributed by atoms with Crippen molar-refractivity contribution in [3.63, 3.8) is 0 Å². The molecule has 0 aliphatic heterocycles. The molecule has 1 aromatic heterocycles. The molecule has 0 aliphatic rings. The van der Waals surface area contributed by atoms with E-state index in [2.05, 4.69) is 16.4 Å². The van der Waals surface area contributed by atoms with Crippen molar-refractivity contribution in [2.75, 3.05) is 6.54 Å². The van der Waals surface area contributed by atoms with E-state index < -0.39 is 11.9 Å². The van der Waals surface area contributed by atoms with Gasteiger partial charge in [0.15, 0.2) is 0 Å². The van der Waals surface area contributed by atoms with Gasteiger partial charge in [-0.25, -0.2) is 0 Å². The zero-order valence-electron chi connectivity index (χ0n) is 16.5. The minimum atomic E-state index is -0.844. The number of aliphatic carboxylic acids is 1. The predicted octanol–water partition coefficient (Wildman–Crippen LogP) is 3.40. The summed E-state index contributed by atoms with van der Waals surface area (Å²) in [6.07, 6.45) is 0.0618. The fourth-order valence-corrected chi connectivity index (χ4v) is 3.77. The first kappa shape index (κ1) is 21.9. The molecule has 0 unspecified atom stereocenters. The molecule has 3 rings (SSSR count). The Hall–Kier alpha value is -3.80. The fourth-order valence-electron chi connectivity index (χ4n) is 2.84. The van der Waals surface area contributed by atoms with E-state index in [9.17, 15) is 14.9 Å². The lowest BCUT2D eigenvalue weighted by Crippen LogP contribution is -2.18. The van der Waals surface area contributed by atoms with Gasteiger partial charge >= 0.3 is 5.97 Å². The topological polar surface area (TPSA) is 129 Å². The SMILES string of the molecule is N#Cc1ccccc1-c1ccc(C(=O)N=C(N)c2ccc(CNCCC(=O)O)cc2)s1. The van der Waals surface area contributed by atoms with Crippen LogP contribution in [0.1, 0.15) is 32.8 Å². The lowest BCUT2D eigenvalue weighted by Gasteiger charge is -2.05. The molecule has 1 heterocycles. The van der Waals surface area contributed by atoms with Crippen molar-refractivity contribution < 1.29 is 14.7 Å². The summed E-state index contributed by atoms with van der Waals surface area (Å²) >= 11 is 1.26. The van der Waals surface area contributed by atoms with E-state index >= 15 is 0 Å². The van der Waals surface area contributed by atoms with Crippen LogP contribution in [0.15, 0.2) is 65.7 Å². The number of thiophene rings is 1. The first-order valence-corrected chi connectivity index (χ1v) is 10.3. The molecule has 0 aliphatic carbocycles. The highest BCUT2D eigenvalue weighted by atomic mass is 32.1. The van der Waals surface area contributed by atoms with Crippen LogP contribution in [0.4, 0.5) is 0 Å². The number of nitrogens with one attached hydrogen (secondary N) is 1. The molecule has 156 valence electrons. The monoisotopic (exact) mass is 432 g/mol. The van der Waals surface area contributed by atoms with Crippen LogP contribution in [0.2, 0.25) is 0 Å². The third kappa shape index (κ3) is 5.85. The van der Waals surface area contributed by atoms with Crippen molar-refractivity contribution in [2.45, 2.75) is 13.0 Å². The van der Waals surface area contributed by atoms with Crippen molar-refractivity contribution in [3.8, 4) is 16.5 Å². The van der Waals surface area contributed by atoms with Crippen LogP contribution in [0, 0.1) is 11.3 Å². The zero-order chi connectivity index (χ0) is 22.2. The highest BCUT2D eigenvalue weighted by Crippen LogP contribution is 2.30. The average Bonchev–Trinajstić information content (AvgIpc) is 3.27. The molecule has 0 saturated heterocycles. The van der Waals surface area contributed by atoms with Crippen LogP contribution in [0.5, 0.6) is 0 Å². The van der Waals surface area contributed by atoms with Crippen molar-refractivity contribution in [1.29, 1.82) is 5.26 Å². The molecule has 2 aromatic carbocycles. The number of carbonyl (C=O) groups excluding carboxylic acids is 1. The molecule has 1 amide bonds. The van der Waals surface area contributed by atoms with Crippen LogP contribution in [0.3, 0.4) is 0 Å². The number of hydrogen-bond acceptors (Lipinski definition) is 5. The third-order valence-electron chi connectivity index (χ3n) is 4.45. The summed E-state index contributed by atoms with van der Waals surface area (Å²) in [5, 5.41) is 20.9. The second-order valence-electron chi connectivity index (χ2n) is 6.64. The molecule has 7 nitrogen and oxygen atoms in total. The standard InChI is InChI=1S/C23H20N4O3S/c24-13-17-3-1-2-4-18(17)19-9-10-20(31-19)23(30)27-22(25)16-7-5-15(6-8-16)14-26-12-11-21(28)29/h1-10,26H,11-12,14H2,(H,28,29)(H2,25,27,30). The molecule has 4 N–H and O–H groups in total. The fraction of sp³-hybridized carbons (Fsp3) is 0.130. The second kappa shape index (κ2) is 10.3. The third-order valence-corrected chi connectivity index (χ3v) is 5.55. The van der Waals surface area contributed by atoms with Crippen molar-refractivity contribution >= 4 is 29.0 Å². The molecular formula is C23H20N4O3S. The van der Waals surface area contributed by atoms with Gasteiger partial charge in [-0.05, 0) is 23.8 Å². The van der Waals surface area contributed by atoms with E-state index in [1.54, 1.807) is 36.4 Å². The minimum Gasteiger partial charge on any atom is -0.481 e. The molecule has 0 saturated carbocycles. The number of nitriles is 1. The number of carboxylic acids is 1. The quantitative estimate of drug-likeness (QED) is 0.284. The molecule has 8 heteroatoms. The summed E-state index contributed by atoms with van der Waals surface area (Å²) in [6.45, 7) is 0.919. The largest absolute Gasteiger partial charge is 0.481 e. The van der Waals surface area contributed by atoms with E-state index in [1.807, 2.05) is 24.3 Å². The van der Waals surface area contributed by atoms with Crippen molar-refractivity contribution in [3.05, 3.63) is 82.2 Å². The predicted molar refractivity (Wildman–Crippen MR) is 120 cm³/mol. The first-order chi connectivity index (χ1) is 15.0. The number of benzene rings is 2. The maximum absolute atomic E-state index is 12.5. The molecule has 0 fully saturated rings. The minimum absolute atomic E-state index is 0.0618. The summed E-state index contributed by atoms with van der Waals surface area (Å²) in [6, 6.07) is 20.1. The average molecular weight is 433 g/mol. The van der Waals surface area contributed by atoms with Gasteiger partial charge in [0, 0.05) is 29.1 Å². The highest BCUT2D eigenvalue weighted by molar-refractivity contribution is 7.17. The number of carbonyl (C=O) groups is 2. The molecule has 31 heavy (non-hydrogen) atoms. The van der Waals surface area contributed by atoms with Gasteiger partial charge in [-0.15, -0.1) is 11.3 Å². The molecule has 0 atom stereocenters. The summed E-state index contributed by atoms with van der Waals surface area (Å²) in [4.78, 5) is 28.3. The van der Waals surface area contributed by atoms with Crippen LogP contribution < -0.4 is 11.1 Å². The Morgan fingerprint density at radius 2 is 1.84 bits per heavy atom. The van der Waals surface area contributed by atoms with Gasteiger partial charge in [0.25, 0.3) is 5.91 Å². The number of amidine groups is 1. The van der Waals surface area contributed by atoms with Gasteiger partial charge in [0.2, 0.25) is 0 Å². The number of carboxylic acid groups (broad SMARTS) is 1. The Bertz CT molecular complexity index is 1160. The van der Waals surface area contributed by atoms with E-state index in [0.29, 0.717) is 29.1 Å². The lowest BCUT2D eigenvalue weighted by atomic mass is 10.1. The Morgan fingerprint density at radius 3 is 2.55 bits per heavy atom. The lowest BCUT2D eigenvalue weighted by molar-refractivity contribution is -0.136. The van der Waals surface area contributed by atoms with Crippen molar-refractivity contribution in [1.82, 2.24) is 5.32 Å². The Kier molecular flexibility index (Phi) is 7.27. The Labute approximate surface area is 183 Å². The van der Waals surface area contributed by atoms with E-state index in [0.717, 1.165) is 16.0 Å². The number of amides is 1. The highest BCUT2D eigenvalue weighted by Gasteiger charge is 2.13. The van der Waals surface area contributed by atoms with Gasteiger partial charge < -0.3 is 16.2 Å². The van der Waals surface area contributed by atoms with Crippen LogP contribution in [0.25, 0.3) is 10.4 Å². The van der Waals surface area contributed by atoms with Gasteiger partial charge in [-0.2, -0.15) is 10.3 Å². The summed E-state index contributed by atoms with van der Waals surface area (Å²) in [5.41, 5.74) is 8.92. The number of nitrogens with two attached hydrogens (primary N) is 1. The molecule has 0 spiro atoms. The van der Waals surface area contributed by atoms with E-state index in [1.165, 1.54) is 11.3 Å². The number of aliphatic imine (C=N–C) groups is 1. The Balaban J connectivity index is 1.67. The van der Waals surface area contributed by atoms with Crippen LogP contribution in [-0.2, 0) is 11.3 Å².